The first-order valence-corrected chi connectivity index (χ1v) is 6.41. The van der Waals surface area contributed by atoms with Gasteiger partial charge >= 0.3 is 0 Å². The molecule has 0 amide bonds. The van der Waals surface area contributed by atoms with Crippen molar-refractivity contribution in [2.45, 2.75) is 33.7 Å². The molecule has 1 aromatic carbocycles. The lowest BCUT2D eigenvalue weighted by Crippen LogP contribution is -2.00. The molecule has 0 aliphatic heterocycles. The SMILES string of the molecule is CCc1nc(Cn2cnc3cc(C)c(C)cc32)no1. The predicted molar refractivity (Wildman–Crippen MR) is 72.0 cm³/mol. The van der Waals surface area contributed by atoms with Gasteiger partial charge in [0.15, 0.2) is 5.82 Å². The second-order valence-electron chi connectivity index (χ2n) is 4.76. The maximum atomic E-state index is 5.12. The summed E-state index contributed by atoms with van der Waals surface area (Å²) >= 11 is 0. The van der Waals surface area contributed by atoms with Gasteiger partial charge in [0.2, 0.25) is 5.89 Å². The van der Waals surface area contributed by atoms with E-state index in [1.807, 2.05) is 17.8 Å². The summed E-state index contributed by atoms with van der Waals surface area (Å²) in [6.07, 6.45) is 2.58. The van der Waals surface area contributed by atoms with Gasteiger partial charge in [0.05, 0.1) is 23.9 Å². The fourth-order valence-electron chi connectivity index (χ4n) is 2.09. The molecule has 2 aromatic heterocycles. The summed E-state index contributed by atoms with van der Waals surface area (Å²) in [6.45, 7) is 6.79. The van der Waals surface area contributed by atoms with Crippen LogP contribution in [0.4, 0.5) is 0 Å². The zero-order valence-electron chi connectivity index (χ0n) is 11.3. The monoisotopic (exact) mass is 256 g/mol. The first-order valence-electron chi connectivity index (χ1n) is 6.41. The molecule has 0 fully saturated rings. The average Bonchev–Trinajstić information content (AvgIpc) is 2.99. The summed E-state index contributed by atoms with van der Waals surface area (Å²) < 4.78 is 7.17. The number of rotatable bonds is 3. The molecule has 3 rings (SSSR count). The van der Waals surface area contributed by atoms with Gasteiger partial charge in [-0.15, -0.1) is 0 Å². The lowest BCUT2D eigenvalue weighted by molar-refractivity contribution is 0.375. The molecule has 0 saturated heterocycles. The maximum Gasteiger partial charge on any atom is 0.226 e. The van der Waals surface area contributed by atoms with Gasteiger partial charge in [0.25, 0.3) is 0 Å². The van der Waals surface area contributed by atoms with Gasteiger partial charge in [-0.05, 0) is 37.1 Å². The normalized spacial score (nSPS) is 11.3. The molecule has 0 aliphatic rings. The minimum atomic E-state index is 0.586. The molecule has 0 aliphatic carbocycles. The third-order valence-corrected chi connectivity index (χ3v) is 3.36. The number of aryl methyl sites for hydroxylation is 3. The van der Waals surface area contributed by atoms with E-state index in [9.17, 15) is 0 Å². The first kappa shape index (κ1) is 11.9. The highest BCUT2D eigenvalue weighted by atomic mass is 16.5. The molecule has 98 valence electrons. The molecular weight excluding hydrogens is 240 g/mol. The van der Waals surface area contributed by atoms with E-state index in [-0.39, 0.29) is 0 Å². The fourth-order valence-corrected chi connectivity index (χ4v) is 2.09. The molecule has 0 unspecified atom stereocenters. The topological polar surface area (TPSA) is 56.7 Å². The Hall–Kier alpha value is -2.17. The van der Waals surface area contributed by atoms with Crippen LogP contribution in [-0.4, -0.2) is 19.7 Å². The fraction of sp³-hybridized carbons (Fsp3) is 0.357. The predicted octanol–water partition coefficient (Wildman–Crippen LogP) is 2.65. The molecule has 0 atom stereocenters. The molecule has 0 N–H and O–H groups in total. The molecule has 5 nitrogen and oxygen atoms in total. The molecule has 5 heteroatoms. The number of fused-ring (bicyclic) bond motifs is 1. The third-order valence-electron chi connectivity index (χ3n) is 3.36. The van der Waals surface area contributed by atoms with E-state index < -0.39 is 0 Å². The van der Waals surface area contributed by atoms with Crippen LogP contribution in [0.3, 0.4) is 0 Å². The molecule has 0 bridgehead atoms. The maximum absolute atomic E-state index is 5.12. The van der Waals surface area contributed by atoms with Gasteiger partial charge in [-0.3, -0.25) is 0 Å². The van der Waals surface area contributed by atoms with E-state index in [1.165, 1.54) is 11.1 Å². The number of imidazole rings is 1. The van der Waals surface area contributed by atoms with E-state index in [0.717, 1.165) is 17.5 Å². The summed E-state index contributed by atoms with van der Waals surface area (Å²) in [7, 11) is 0. The Balaban J connectivity index is 1.98. The molecular formula is C14H16N4O. The Bertz CT molecular complexity index is 726. The Morgan fingerprint density at radius 3 is 2.74 bits per heavy atom. The van der Waals surface area contributed by atoms with Crippen molar-refractivity contribution in [2.24, 2.45) is 0 Å². The number of nitrogens with zero attached hydrogens (tertiary/aromatic N) is 4. The Morgan fingerprint density at radius 1 is 1.21 bits per heavy atom. The van der Waals surface area contributed by atoms with E-state index in [0.29, 0.717) is 18.3 Å². The van der Waals surface area contributed by atoms with Crippen LogP contribution in [0.2, 0.25) is 0 Å². The van der Waals surface area contributed by atoms with Crippen molar-refractivity contribution in [3.8, 4) is 0 Å². The quantitative estimate of drug-likeness (QED) is 0.723. The highest BCUT2D eigenvalue weighted by Gasteiger charge is 2.09. The van der Waals surface area contributed by atoms with E-state index >= 15 is 0 Å². The number of aromatic nitrogens is 4. The van der Waals surface area contributed by atoms with Crippen molar-refractivity contribution < 1.29 is 4.52 Å². The summed E-state index contributed by atoms with van der Waals surface area (Å²) in [6, 6.07) is 4.26. The van der Waals surface area contributed by atoms with Crippen LogP contribution in [-0.2, 0) is 13.0 Å². The lowest BCUT2D eigenvalue weighted by atomic mass is 10.1. The zero-order valence-corrected chi connectivity index (χ0v) is 11.3. The number of benzene rings is 1. The number of hydrogen-bond acceptors (Lipinski definition) is 4. The summed E-state index contributed by atoms with van der Waals surface area (Å²) in [5.41, 5.74) is 4.62. The largest absolute Gasteiger partial charge is 0.339 e. The van der Waals surface area contributed by atoms with Crippen molar-refractivity contribution in [3.63, 3.8) is 0 Å². The highest BCUT2D eigenvalue weighted by Crippen LogP contribution is 2.19. The molecule has 0 saturated carbocycles. The van der Waals surface area contributed by atoms with Crippen molar-refractivity contribution in [2.75, 3.05) is 0 Å². The van der Waals surface area contributed by atoms with Crippen molar-refractivity contribution >= 4 is 11.0 Å². The van der Waals surface area contributed by atoms with Gasteiger partial charge in [-0.1, -0.05) is 12.1 Å². The molecule has 2 heterocycles. The van der Waals surface area contributed by atoms with E-state index in [4.69, 9.17) is 4.52 Å². The van der Waals surface area contributed by atoms with Crippen molar-refractivity contribution in [1.29, 1.82) is 0 Å². The van der Waals surface area contributed by atoms with Crippen LogP contribution >= 0.6 is 0 Å². The van der Waals surface area contributed by atoms with Crippen LogP contribution in [0.15, 0.2) is 23.0 Å². The second-order valence-corrected chi connectivity index (χ2v) is 4.76. The van der Waals surface area contributed by atoms with Crippen LogP contribution in [0.1, 0.15) is 29.8 Å². The third kappa shape index (κ3) is 2.12. The molecule has 3 aromatic rings. The first-order chi connectivity index (χ1) is 9.17. The van der Waals surface area contributed by atoms with E-state index in [1.54, 1.807) is 0 Å². The van der Waals surface area contributed by atoms with Gasteiger partial charge in [-0.25, -0.2) is 4.98 Å². The van der Waals surface area contributed by atoms with Gasteiger partial charge < -0.3 is 9.09 Å². The smallest absolute Gasteiger partial charge is 0.226 e. The standard InChI is InChI=1S/C14H16N4O/c1-4-14-16-13(17-19-14)7-18-8-15-11-5-9(2)10(3)6-12(11)18/h5-6,8H,4,7H2,1-3H3. The molecule has 0 radical (unpaired) electrons. The van der Waals surface area contributed by atoms with Crippen LogP contribution in [0.25, 0.3) is 11.0 Å². The molecule has 19 heavy (non-hydrogen) atoms. The minimum absolute atomic E-state index is 0.586. The van der Waals surface area contributed by atoms with Crippen molar-refractivity contribution in [3.05, 3.63) is 41.3 Å². The minimum Gasteiger partial charge on any atom is -0.339 e. The van der Waals surface area contributed by atoms with Gasteiger partial charge in [0.1, 0.15) is 0 Å². The Labute approximate surface area is 111 Å². The Morgan fingerprint density at radius 2 is 2.00 bits per heavy atom. The highest BCUT2D eigenvalue weighted by molar-refractivity contribution is 5.77. The summed E-state index contributed by atoms with van der Waals surface area (Å²) in [5.74, 6) is 1.36. The average molecular weight is 256 g/mol. The summed E-state index contributed by atoms with van der Waals surface area (Å²) in [5, 5.41) is 3.97. The van der Waals surface area contributed by atoms with Crippen molar-refractivity contribution in [1.82, 2.24) is 19.7 Å². The Kier molecular flexibility index (Phi) is 2.81. The zero-order chi connectivity index (χ0) is 13.4. The summed E-state index contributed by atoms with van der Waals surface area (Å²) in [4.78, 5) is 8.74. The van der Waals surface area contributed by atoms with Crippen LogP contribution in [0, 0.1) is 13.8 Å². The second kappa shape index (κ2) is 4.50. The molecule has 0 spiro atoms. The van der Waals surface area contributed by atoms with Crippen LogP contribution in [0.5, 0.6) is 0 Å². The van der Waals surface area contributed by atoms with Crippen LogP contribution < -0.4 is 0 Å². The van der Waals surface area contributed by atoms with Gasteiger partial charge in [0, 0.05) is 6.42 Å². The number of hydrogen-bond donors (Lipinski definition) is 0. The van der Waals surface area contributed by atoms with Gasteiger partial charge in [-0.2, -0.15) is 4.98 Å². The lowest BCUT2D eigenvalue weighted by Gasteiger charge is -2.03. The van der Waals surface area contributed by atoms with E-state index in [2.05, 4.69) is 41.1 Å².